The minimum atomic E-state index is 0. The summed E-state index contributed by atoms with van der Waals surface area (Å²) in [6.45, 7) is 0. The zero-order valence-corrected chi connectivity index (χ0v) is 18.6. The van der Waals surface area contributed by atoms with Crippen LogP contribution in [0, 0.1) is 0 Å². The van der Waals surface area contributed by atoms with Gasteiger partial charge in [-0.25, -0.2) is 0 Å². The third-order valence-corrected chi connectivity index (χ3v) is 10.8. The summed E-state index contributed by atoms with van der Waals surface area (Å²) in [5, 5.41) is 18.7. The second-order valence-corrected chi connectivity index (χ2v) is 11.1. The van der Waals surface area contributed by atoms with Crippen LogP contribution in [0.15, 0.2) is 36.4 Å². The maximum absolute atomic E-state index is 9.34. The van der Waals surface area contributed by atoms with E-state index in [1.54, 1.807) is 12.1 Å². The minimum absolute atomic E-state index is 0. The monoisotopic (exact) mass is 462 g/mol. The molecule has 0 radical (unpaired) electrons. The first-order chi connectivity index (χ1) is 8.56. The fraction of sp³-hybridized carbons (Fsp3) is 0. The van der Waals surface area contributed by atoms with E-state index < -0.39 is 0 Å². The number of halogens is 2. The van der Waals surface area contributed by atoms with Crippen molar-refractivity contribution in [3.05, 3.63) is 36.4 Å². The predicted molar refractivity (Wildman–Crippen MR) is 91.4 cm³/mol. The summed E-state index contributed by atoms with van der Waals surface area (Å²) in [5.74, 6) is 0.259. The van der Waals surface area contributed by atoms with Crippen molar-refractivity contribution in [2.24, 2.45) is 0 Å². The van der Waals surface area contributed by atoms with Crippen molar-refractivity contribution in [3.8, 4) is 11.5 Å². The van der Waals surface area contributed by atoms with E-state index in [2.05, 4.69) is 0 Å². The molecule has 6 N–H and O–H groups in total. The molecule has 0 unspecified atom stereocenters. The summed E-state index contributed by atoms with van der Waals surface area (Å²) in [4.78, 5) is 0. The molecule has 21 heavy (non-hydrogen) atoms. The van der Waals surface area contributed by atoms with Gasteiger partial charge in [0.25, 0.3) is 0 Å². The van der Waals surface area contributed by atoms with Crippen LogP contribution in [0.5, 0.6) is 11.5 Å². The first kappa shape index (κ1) is 23.6. The first-order valence-electron chi connectivity index (χ1n) is 5.15. The number of rotatable bonds is 2. The van der Waals surface area contributed by atoms with Crippen LogP contribution in [0.2, 0.25) is 0 Å². The van der Waals surface area contributed by atoms with Crippen LogP contribution in [0.25, 0.3) is 0 Å². The van der Waals surface area contributed by atoms with Crippen LogP contribution >= 0.6 is 24.8 Å². The fourth-order valence-corrected chi connectivity index (χ4v) is 8.46. The van der Waals surface area contributed by atoms with Crippen LogP contribution in [0.4, 0.5) is 11.4 Å². The van der Waals surface area contributed by atoms with E-state index in [-0.39, 0.29) is 93.6 Å². The summed E-state index contributed by atoms with van der Waals surface area (Å²) in [7, 11) is 0. The second-order valence-electron chi connectivity index (χ2n) is 3.69. The van der Waals surface area contributed by atoms with Gasteiger partial charge in [-0.15, -0.1) is 24.8 Å². The second kappa shape index (κ2) is 11.0. The van der Waals surface area contributed by atoms with Crippen LogP contribution in [0.1, 0.15) is 1.43 Å². The van der Waals surface area contributed by atoms with Crippen LogP contribution < -0.4 is 49.7 Å². The van der Waals surface area contributed by atoms with Gasteiger partial charge in [-0.3, -0.25) is 0 Å². The molecule has 0 fully saturated rings. The van der Waals surface area contributed by atoms with E-state index in [4.69, 9.17) is 11.5 Å². The van der Waals surface area contributed by atoms with Gasteiger partial charge in [0.15, 0.2) is 0 Å². The smallest absolute Gasteiger partial charge is 1.00 e. The fourth-order valence-electron chi connectivity index (χ4n) is 1.32. The number of benzene rings is 2. The molecule has 0 aliphatic rings. The Hall–Kier alpha value is 0.337. The Kier molecular flexibility index (Phi) is 12.3. The number of nitrogens with two attached hydrogens (primary N) is 2. The minimum Gasteiger partial charge on any atom is -1.00 e. The van der Waals surface area contributed by atoms with Gasteiger partial charge in [0.1, 0.15) is 0 Å². The summed E-state index contributed by atoms with van der Waals surface area (Å²) < 4.78 is 2.38. The van der Waals surface area contributed by atoms with Gasteiger partial charge in [0.05, 0.1) is 0 Å². The van der Waals surface area contributed by atoms with Crippen molar-refractivity contribution in [2.75, 3.05) is 11.5 Å². The molecule has 110 valence electrons. The normalized spacial score (nSPS) is 9.33. The molecule has 2 aromatic carbocycles. The average Bonchev–Trinajstić information content (AvgIpc) is 2.35. The number of nitrogen functional groups attached to an aromatic ring is 2. The quantitative estimate of drug-likeness (QED) is 0.225. The van der Waals surface area contributed by atoms with Crippen molar-refractivity contribution in [3.63, 3.8) is 0 Å². The summed E-state index contributed by atoms with van der Waals surface area (Å²) in [6.07, 6.45) is 0. The third kappa shape index (κ3) is 6.96. The molecule has 0 bridgehead atoms. The molecule has 0 saturated carbocycles. The topological polar surface area (TPSA) is 92.5 Å². The Bertz CT molecular complexity index is 583. The van der Waals surface area contributed by atoms with E-state index in [1.165, 1.54) is 8.70 Å². The molecule has 0 aliphatic carbocycles. The molecule has 0 aromatic heterocycles. The van der Waals surface area contributed by atoms with Gasteiger partial charge < -0.3 is 1.43 Å². The molecule has 2 aromatic rings. The molecular weight excluding hydrogens is 448 g/mol. The van der Waals surface area contributed by atoms with E-state index in [0.717, 1.165) is 0 Å². The standard InChI is InChI=1S/C12H12As2N2O2.2ClH.Na.H/c15-9-5-7(1-3-11(9)17)13-14-8-2-4-12(18)10(16)6-8;;;;/h1-6,17-18H,15-16H2;2*1H;;/q;;;+1;-1. The maximum Gasteiger partial charge on any atom is 1.00 e. The molecule has 0 saturated heterocycles. The first-order valence-corrected chi connectivity index (χ1v) is 12.2. The van der Waals surface area contributed by atoms with E-state index in [9.17, 15) is 10.2 Å². The largest absolute Gasteiger partial charge is 1.00 e. The number of hydrogen-bond donors (Lipinski definition) is 4. The summed E-state index contributed by atoms with van der Waals surface area (Å²) >= 11 is 0.0278. The molecule has 4 nitrogen and oxygen atoms in total. The Morgan fingerprint density at radius 1 is 0.762 bits per heavy atom. The molecule has 0 aliphatic heterocycles. The molecule has 0 amide bonds. The maximum atomic E-state index is 9.34. The van der Waals surface area contributed by atoms with Gasteiger partial charge >= 0.3 is 145 Å². The SMILES string of the molecule is Cl.Cl.Nc1cc([As]=[As]c2ccc(O)c(N)c2)ccc1O.[H-].[Na+]. The molecule has 0 heterocycles. The summed E-state index contributed by atoms with van der Waals surface area (Å²) in [5.41, 5.74) is 12.2. The van der Waals surface area contributed by atoms with Crippen molar-refractivity contribution < 1.29 is 41.2 Å². The van der Waals surface area contributed by atoms with Crippen molar-refractivity contribution in [1.29, 1.82) is 0 Å². The van der Waals surface area contributed by atoms with E-state index in [0.29, 0.717) is 11.4 Å². The Balaban J connectivity index is -0.000000902. The Morgan fingerprint density at radius 2 is 1.10 bits per heavy atom. The number of hydrogen-bond acceptors (Lipinski definition) is 4. The molecular formula is C12H15As2Cl2N2NaO2. The molecule has 9 heteroatoms. The van der Waals surface area contributed by atoms with E-state index >= 15 is 0 Å². The number of phenolic OH excluding ortho intramolecular Hbond substituents is 2. The van der Waals surface area contributed by atoms with Crippen molar-refractivity contribution >= 4 is 71.2 Å². The number of aromatic hydroxyl groups is 2. The van der Waals surface area contributed by atoms with Gasteiger partial charge in [-0.1, -0.05) is 0 Å². The van der Waals surface area contributed by atoms with Crippen molar-refractivity contribution in [2.45, 2.75) is 0 Å². The van der Waals surface area contributed by atoms with Gasteiger partial charge in [-0.05, 0) is 0 Å². The average molecular weight is 463 g/mol. The van der Waals surface area contributed by atoms with Crippen LogP contribution in [-0.4, -0.2) is 36.5 Å². The Morgan fingerprint density at radius 3 is 1.38 bits per heavy atom. The molecule has 2 rings (SSSR count). The zero-order valence-electron chi connectivity index (χ0n) is 12.2. The van der Waals surface area contributed by atoms with Crippen LogP contribution in [-0.2, 0) is 0 Å². The Labute approximate surface area is 170 Å². The van der Waals surface area contributed by atoms with Crippen LogP contribution in [0.3, 0.4) is 0 Å². The van der Waals surface area contributed by atoms with E-state index in [1.807, 2.05) is 24.3 Å². The van der Waals surface area contributed by atoms with Crippen molar-refractivity contribution in [1.82, 2.24) is 0 Å². The predicted octanol–water partition coefficient (Wildman–Crippen LogP) is -2.50. The third-order valence-electron chi connectivity index (χ3n) is 2.30. The zero-order chi connectivity index (χ0) is 13.1. The van der Waals surface area contributed by atoms with Gasteiger partial charge in [0.2, 0.25) is 0 Å². The number of anilines is 2. The molecule has 0 spiro atoms. The van der Waals surface area contributed by atoms with Gasteiger partial charge in [-0.2, -0.15) is 0 Å². The number of phenols is 2. The summed E-state index contributed by atoms with van der Waals surface area (Å²) in [6, 6.07) is 10.7. The van der Waals surface area contributed by atoms with Gasteiger partial charge in [0, 0.05) is 0 Å². The molecule has 0 atom stereocenters.